The lowest BCUT2D eigenvalue weighted by molar-refractivity contribution is -0.961. The number of hydrogen-bond acceptors (Lipinski definition) is 12. The summed E-state index contributed by atoms with van der Waals surface area (Å²) in [6.07, 6.45) is 8.10. The van der Waals surface area contributed by atoms with E-state index >= 15 is 0 Å². The number of hydrogen-bond donors (Lipinski definition) is 0. The number of esters is 4. The van der Waals surface area contributed by atoms with Crippen molar-refractivity contribution in [3.05, 3.63) is 35.4 Å². The highest BCUT2D eigenvalue weighted by molar-refractivity contribution is 5.84. The minimum atomic E-state index is -0.468. The van der Waals surface area contributed by atoms with Gasteiger partial charge in [0.2, 0.25) is 11.5 Å². The molecule has 10 atom stereocenters. The lowest BCUT2D eigenvalue weighted by Crippen LogP contribution is -3.00. The number of rotatable bonds is 14. The fraction of sp³-hybridized carbons (Fsp3) is 0.636. The highest BCUT2D eigenvalue weighted by atomic mass is 79.9. The van der Waals surface area contributed by atoms with Gasteiger partial charge in [-0.15, -0.1) is 0 Å². The Hall–Kier alpha value is -3.60. The molecule has 0 N–H and O–H groups in total. The molecule has 60 heavy (non-hydrogen) atoms. The van der Waals surface area contributed by atoms with Crippen LogP contribution in [-0.4, -0.2) is 112 Å². The topological polar surface area (TPSA) is 142 Å². The molecule has 0 spiro atoms. The number of quaternary nitrogens is 2. The predicted octanol–water partition coefficient (Wildman–Crippen LogP) is -0.328. The Bertz CT molecular complexity index is 1710. The number of fused-ring (bicyclic) bond motifs is 4. The number of halogens is 2. The highest BCUT2D eigenvalue weighted by Crippen LogP contribution is 2.48. The third kappa shape index (κ3) is 9.26. The highest BCUT2D eigenvalue weighted by Gasteiger charge is 2.55. The Morgan fingerprint density at radius 2 is 0.800 bits per heavy atom. The van der Waals surface area contributed by atoms with Gasteiger partial charge in [-0.2, -0.15) is 0 Å². The van der Waals surface area contributed by atoms with E-state index < -0.39 is 23.8 Å². The number of ether oxygens (including phenoxy) is 8. The van der Waals surface area contributed by atoms with Crippen molar-refractivity contribution >= 4 is 23.9 Å². The van der Waals surface area contributed by atoms with Crippen LogP contribution in [0.15, 0.2) is 24.3 Å². The molecule has 4 aliphatic heterocycles. The zero-order chi connectivity index (χ0) is 41.5. The van der Waals surface area contributed by atoms with E-state index in [4.69, 9.17) is 37.9 Å². The predicted molar refractivity (Wildman–Crippen MR) is 210 cm³/mol. The smallest absolute Gasteiger partial charge is 0.310 e. The van der Waals surface area contributed by atoms with Crippen LogP contribution in [-0.2, 0) is 41.7 Å². The van der Waals surface area contributed by atoms with Crippen LogP contribution < -0.4 is 62.4 Å². The molecule has 4 saturated heterocycles. The van der Waals surface area contributed by atoms with Crippen LogP contribution >= 0.6 is 0 Å². The summed E-state index contributed by atoms with van der Waals surface area (Å²) in [5, 5.41) is 0. The van der Waals surface area contributed by atoms with Gasteiger partial charge in [0.15, 0.2) is 23.0 Å². The Kier molecular flexibility index (Phi) is 15.2. The van der Waals surface area contributed by atoms with E-state index in [0.29, 0.717) is 60.0 Å². The summed E-state index contributed by atoms with van der Waals surface area (Å²) < 4.78 is 47.2. The van der Waals surface area contributed by atoms with Crippen molar-refractivity contribution in [2.75, 3.05) is 42.5 Å². The van der Waals surface area contributed by atoms with E-state index in [1.165, 1.54) is 13.8 Å². The van der Waals surface area contributed by atoms with Crippen LogP contribution in [0.25, 0.3) is 0 Å². The fourth-order valence-corrected chi connectivity index (χ4v) is 11.0. The molecule has 4 bridgehead atoms. The molecule has 1 aliphatic carbocycles. The summed E-state index contributed by atoms with van der Waals surface area (Å²) in [6.45, 7) is 4.15. The third-order valence-electron chi connectivity index (χ3n) is 14.2. The summed E-state index contributed by atoms with van der Waals surface area (Å²) in [4.78, 5) is 50.7. The molecule has 2 aromatic carbocycles. The average Bonchev–Trinajstić information content (AvgIpc) is 3.38. The normalized spacial score (nSPS) is 30.9. The van der Waals surface area contributed by atoms with Crippen LogP contribution in [0.5, 0.6) is 34.5 Å². The first-order valence-corrected chi connectivity index (χ1v) is 20.7. The van der Waals surface area contributed by atoms with Crippen molar-refractivity contribution in [3.63, 3.8) is 0 Å². The zero-order valence-corrected chi connectivity index (χ0v) is 39.1. The van der Waals surface area contributed by atoms with Gasteiger partial charge < -0.3 is 80.8 Å². The van der Waals surface area contributed by atoms with Crippen molar-refractivity contribution in [3.8, 4) is 34.5 Å². The molecule has 1 saturated carbocycles. The lowest BCUT2D eigenvalue weighted by atomic mass is 9.73. The molecule has 332 valence electrons. The van der Waals surface area contributed by atoms with E-state index in [1.807, 2.05) is 24.3 Å². The number of carbonyl (C=O) groups is 4. The molecule has 4 heterocycles. The van der Waals surface area contributed by atoms with Gasteiger partial charge in [0.1, 0.15) is 25.3 Å². The van der Waals surface area contributed by atoms with E-state index in [2.05, 4.69) is 14.1 Å². The minimum Gasteiger partial charge on any atom is -1.00 e. The largest absolute Gasteiger partial charge is 1.00 e. The Morgan fingerprint density at radius 1 is 0.517 bits per heavy atom. The van der Waals surface area contributed by atoms with Gasteiger partial charge in [0.25, 0.3) is 0 Å². The van der Waals surface area contributed by atoms with Gasteiger partial charge in [-0.3, -0.25) is 19.2 Å². The maximum atomic E-state index is 13.6. The second kappa shape index (κ2) is 19.2. The number of piperidine rings is 2. The van der Waals surface area contributed by atoms with Gasteiger partial charge in [-0.1, -0.05) is 0 Å². The summed E-state index contributed by atoms with van der Waals surface area (Å²) >= 11 is 0. The number of benzene rings is 2. The van der Waals surface area contributed by atoms with Crippen LogP contribution in [0.1, 0.15) is 89.2 Å². The summed E-state index contributed by atoms with van der Waals surface area (Å²) in [5.41, 5.74) is 2.02. The van der Waals surface area contributed by atoms with Crippen LogP contribution in [0.3, 0.4) is 0 Å². The van der Waals surface area contributed by atoms with Crippen molar-refractivity contribution in [2.24, 2.45) is 11.8 Å². The summed E-state index contributed by atoms with van der Waals surface area (Å²) in [5.74, 6) is -0.0833. The molecule has 7 rings (SSSR count). The van der Waals surface area contributed by atoms with E-state index in [9.17, 15) is 19.2 Å². The molecular weight excluding hydrogens is 908 g/mol. The Labute approximate surface area is 374 Å². The van der Waals surface area contributed by atoms with E-state index in [-0.39, 0.29) is 69.6 Å². The first kappa shape index (κ1) is 47.4. The fourth-order valence-electron chi connectivity index (χ4n) is 11.0. The molecule has 5 aliphatic rings. The maximum Gasteiger partial charge on any atom is 0.310 e. The number of carbonyl (C=O) groups excluding carboxylic acids is 4. The van der Waals surface area contributed by atoms with Crippen molar-refractivity contribution in [1.82, 2.24) is 0 Å². The molecule has 0 aromatic heterocycles. The molecule has 0 radical (unpaired) electrons. The third-order valence-corrected chi connectivity index (χ3v) is 14.2. The first-order chi connectivity index (χ1) is 27.7. The molecule has 2 aromatic rings. The molecule has 6 unspecified atom stereocenters. The second-order valence-electron chi connectivity index (χ2n) is 17.5. The first-order valence-electron chi connectivity index (χ1n) is 20.7. The molecular formula is C44H60Br2N2O12. The van der Waals surface area contributed by atoms with Crippen LogP contribution in [0.2, 0.25) is 0 Å². The Balaban J connectivity index is 0.00000341. The minimum absolute atomic E-state index is 0. The summed E-state index contributed by atoms with van der Waals surface area (Å²) in [6, 6.07) is 8.85. The molecule has 16 heteroatoms. The van der Waals surface area contributed by atoms with Crippen molar-refractivity contribution in [2.45, 2.75) is 128 Å². The quantitative estimate of drug-likeness (QED) is 0.139. The van der Waals surface area contributed by atoms with Gasteiger partial charge >= 0.3 is 23.9 Å². The average molecular weight is 969 g/mol. The van der Waals surface area contributed by atoms with Gasteiger partial charge in [0.05, 0.1) is 78.5 Å². The molecule has 14 nitrogen and oxygen atoms in total. The van der Waals surface area contributed by atoms with Crippen molar-refractivity contribution in [1.29, 1.82) is 0 Å². The van der Waals surface area contributed by atoms with Crippen LogP contribution in [0, 0.1) is 11.8 Å². The number of methoxy groups -OCH3 is 4. The van der Waals surface area contributed by atoms with Gasteiger partial charge in [0, 0.05) is 76.3 Å². The Morgan fingerprint density at radius 3 is 1.03 bits per heavy atom. The second-order valence-corrected chi connectivity index (χ2v) is 17.5. The molecule has 0 amide bonds. The van der Waals surface area contributed by atoms with E-state index in [0.717, 1.165) is 84.5 Å². The van der Waals surface area contributed by atoms with E-state index in [1.54, 1.807) is 28.4 Å². The van der Waals surface area contributed by atoms with Gasteiger partial charge in [-0.25, -0.2) is 0 Å². The standard InChI is InChI=1S/C44H60N2O12.2BrH/c1-25(47)55-41-37(51-5)15-27(16-38(41)52-6)23-45(3)29-9-10-30(45)20-33(19-29)57-43(49)35-13-14-36(35)44(50)58-34-21-31-11-12-32(22-34)46(31,4)24-28-17-39(53-7)42(56-26(2)48)40(18-28)54-8;;/h15-18,29-36H,9-14,19-24H2,1-8H3;2*1H/q+2;;/p-2/t29-,30+,31-,32+,33?,34?,35?,36?,45?,46?;;. The SMILES string of the molecule is COc1cc(C[N+]2(C)[C@@H]3CC[C@H]2CC(OC(=O)C2CCC2C(=O)OC2C[C@H]4CC[C@@H](C2)[N+]4(C)Cc2cc(OC)c(OC(C)=O)c(OC)c2)C3)cc(OC)c1OC(C)=O.[Br-].[Br-]. The number of nitrogens with zero attached hydrogens (tertiary/aromatic N) is 2. The summed E-state index contributed by atoms with van der Waals surface area (Å²) in [7, 11) is 10.7. The van der Waals surface area contributed by atoms with Gasteiger partial charge in [-0.05, 0) is 37.1 Å². The zero-order valence-electron chi connectivity index (χ0n) is 36.0. The van der Waals surface area contributed by atoms with Crippen molar-refractivity contribution < 1.29 is 100 Å². The molecule has 5 fully saturated rings. The maximum absolute atomic E-state index is 13.6. The van der Waals surface area contributed by atoms with Crippen LogP contribution in [0.4, 0.5) is 0 Å². The lowest BCUT2D eigenvalue weighted by Gasteiger charge is -2.47. The monoisotopic (exact) mass is 966 g/mol.